The lowest BCUT2D eigenvalue weighted by Gasteiger charge is -2.07. The predicted octanol–water partition coefficient (Wildman–Crippen LogP) is 4.65. The number of rotatable bonds is 0. The fraction of sp³-hybridized carbons (Fsp3) is 0. The maximum Gasteiger partial charge on any atom is -0.00990 e. The number of fused-ring (bicyclic) bond motifs is 4. The van der Waals surface area contributed by atoms with E-state index in [0.717, 1.165) is 0 Å². The molecule has 0 saturated carbocycles. The van der Waals surface area contributed by atoms with Crippen LogP contribution < -0.4 is 5.30 Å². The summed E-state index contributed by atoms with van der Waals surface area (Å²) in [5.74, 6) is 0. The Balaban J connectivity index is 2.22. The van der Waals surface area contributed by atoms with Crippen molar-refractivity contribution in [3.63, 3.8) is 0 Å². The van der Waals surface area contributed by atoms with Crippen LogP contribution in [0, 0.1) is 0 Å². The highest BCUT2D eigenvalue weighted by molar-refractivity contribution is 7.27. The Labute approximate surface area is 114 Å². The summed E-state index contributed by atoms with van der Waals surface area (Å²) in [5, 5.41) is 9.11. The van der Waals surface area contributed by atoms with Crippen LogP contribution in [-0.4, -0.2) is 0 Å². The molecule has 1 unspecified atom stereocenters. The molecule has 90 valence electrons. The second kappa shape index (κ2) is 4.05. The fourth-order valence-corrected chi connectivity index (χ4v) is 3.05. The molecule has 0 spiro atoms. The van der Waals surface area contributed by atoms with Gasteiger partial charge < -0.3 is 0 Å². The molecule has 0 nitrogen and oxygen atoms in total. The Bertz CT molecular complexity index is 922. The Morgan fingerprint density at radius 3 is 2.00 bits per heavy atom. The Morgan fingerprint density at radius 2 is 1.21 bits per heavy atom. The highest BCUT2D eigenvalue weighted by Gasteiger charge is 2.02. The summed E-state index contributed by atoms with van der Waals surface area (Å²) in [6, 6.07) is 24.1. The van der Waals surface area contributed by atoms with E-state index in [2.05, 4.69) is 76.0 Å². The maximum atomic E-state index is 2.76. The molecule has 0 saturated heterocycles. The van der Waals surface area contributed by atoms with Gasteiger partial charge in [0.2, 0.25) is 0 Å². The van der Waals surface area contributed by atoms with Crippen molar-refractivity contribution in [2.75, 3.05) is 0 Å². The summed E-state index contributed by atoms with van der Waals surface area (Å²) in [6.45, 7) is 0. The van der Waals surface area contributed by atoms with Crippen LogP contribution in [0.1, 0.15) is 0 Å². The van der Waals surface area contributed by atoms with Gasteiger partial charge in [0, 0.05) is 0 Å². The number of benzene rings is 4. The average Bonchev–Trinajstić information content (AvgIpc) is 2.44. The molecule has 0 aliphatic carbocycles. The zero-order valence-corrected chi connectivity index (χ0v) is 11.6. The highest BCUT2D eigenvalue weighted by Crippen LogP contribution is 2.29. The zero-order chi connectivity index (χ0) is 12.8. The average molecular weight is 260 g/mol. The van der Waals surface area contributed by atoms with Gasteiger partial charge in [0.05, 0.1) is 0 Å². The molecule has 1 atom stereocenters. The van der Waals surface area contributed by atoms with E-state index in [9.17, 15) is 0 Å². The van der Waals surface area contributed by atoms with Crippen LogP contribution in [0.3, 0.4) is 0 Å². The van der Waals surface area contributed by atoms with Gasteiger partial charge in [0.15, 0.2) is 0 Å². The van der Waals surface area contributed by atoms with Crippen molar-refractivity contribution in [1.82, 2.24) is 0 Å². The first-order valence-corrected chi connectivity index (χ1v) is 7.00. The molecule has 0 bridgehead atoms. The van der Waals surface area contributed by atoms with Crippen molar-refractivity contribution in [2.24, 2.45) is 0 Å². The zero-order valence-electron chi connectivity index (χ0n) is 10.4. The topological polar surface area (TPSA) is 0 Å². The van der Waals surface area contributed by atoms with E-state index in [-0.39, 0.29) is 0 Å². The lowest BCUT2D eigenvalue weighted by Crippen LogP contribution is -1.88. The summed E-state index contributed by atoms with van der Waals surface area (Å²) in [7, 11) is 2.76. The number of hydrogen-bond donors (Lipinski definition) is 0. The first-order valence-electron chi connectivity index (χ1n) is 6.42. The van der Waals surface area contributed by atoms with E-state index < -0.39 is 0 Å². The van der Waals surface area contributed by atoms with Crippen LogP contribution in [0.5, 0.6) is 0 Å². The maximum absolute atomic E-state index is 2.76. The quantitative estimate of drug-likeness (QED) is 0.245. The molecular weight excluding hydrogens is 247 g/mol. The molecule has 0 aliphatic heterocycles. The van der Waals surface area contributed by atoms with Crippen molar-refractivity contribution < 1.29 is 0 Å². The first kappa shape index (κ1) is 11.0. The molecule has 0 fully saturated rings. The largest absolute Gasteiger partial charge is 0.106 e. The molecule has 0 N–H and O–H groups in total. The van der Waals surface area contributed by atoms with Gasteiger partial charge in [-0.15, -0.1) is 9.24 Å². The smallest absolute Gasteiger partial charge is 0.00990 e. The first-order chi connectivity index (χ1) is 9.31. The summed E-state index contributed by atoms with van der Waals surface area (Å²) in [5.41, 5.74) is 0. The highest BCUT2D eigenvalue weighted by atomic mass is 31.0. The van der Waals surface area contributed by atoms with E-state index >= 15 is 0 Å². The van der Waals surface area contributed by atoms with E-state index in [1.807, 2.05) is 0 Å². The SMILES string of the molecule is Pc1ccc2c(ccc3cc4ccccc4cc32)c1. The molecule has 0 aliphatic rings. The van der Waals surface area contributed by atoms with Gasteiger partial charge in [0.25, 0.3) is 0 Å². The Kier molecular flexibility index (Phi) is 2.33. The minimum atomic E-state index is 1.23. The van der Waals surface area contributed by atoms with E-state index in [0.29, 0.717) is 0 Å². The van der Waals surface area contributed by atoms with Gasteiger partial charge in [-0.05, 0) is 55.8 Å². The molecule has 4 aromatic rings. The van der Waals surface area contributed by atoms with Gasteiger partial charge in [-0.25, -0.2) is 0 Å². The third kappa shape index (κ3) is 1.72. The lowest BCUT2D eigenvalue weighted by molar-refractivity contribution is 1.79. The van der Waals surface area contributed by atoms with Crippen LogP contribution in [0.25, 0.3) is 32.3 Å². The van der Waals surface area contributed by atoms with E-state index in [1.54, 1.807) is 0 Å². The van der Waals surface area contributed by atoms with Gasteiger partial charge >= 0.3 is 0 Å². The van der Waals surface area contributed by atoms with Crippen LogP contribution in [0.15, 0.2) is 66.7 Å². The van der Waals surface area contributed by atoms with Crippen molar-refractivity contribution in [1.29, 1.82) is 0 Å². The van der Waals surface area contributed by atoms with Crippen LogP contribution in [0.2, 0.25) is 0 Å². The second-order valence-electron chi connectivity index (χ2n) is 4.97. The number of hydrogen-bond acceptors (Lipinski definition) is 0. The lowest BCUT2D eigenvalue weighted by atomic mass is 9.98. The van der Waals surface area contributed by atoms with Crippen molar-refractivity contribution in [2.45, 2.75) is 0 Å². The predicted molar refractivity (Wildman–Crippen MR) is 88.3 cm³/mol. The normalized spacial score (nSPS) is 11.4. The van der Waals surface area contributed by atoms with Crippen molar-refractivity contribution in [3.05, 3.63) is 66.7 Å². The van der Waals surface area contributed by atoms with Gasteiger partial charge in [-0.3, -0.25) is 0 Å². The van der Waals surface area contributed by atoms with Crippen LogP contribution in [-0.2, 0) is 0 Å². The minimum absolute atomic E-state index is 1.23. The van der Waals surface area contributed by atoms with E-state index in [1.165, 1.54) is 37.6 Å². The summed E-state index contributed by atoms with van der Waals surface area (Å²) in [6.07, 6.45) is 0. The summed E-state index contributed by atoms with van der Waals surface area (Å²) >= 11 is 0. The molecule has 19 heavy (non-hydrogen) atoms. The molecule has 0 amide bonds. The molecular formula is C18H13P. The van der Waals surface area contributed by atoms with Crippen LogP contribution in [0.4, 0.5) is 0 Å². The molecule has 0 aromatic heterocycles. The molecule has 4 aromatic carbocycles. The molecule has 4 rings (SSSR count). The van der Waals surface area contributed by atoms with Crippen molar-refractivity contribution >= 4 is 46.9 Å². The standard InChI is InChI=1S/C18H13P/c19-16-7-8-17-15(10-16)6-5-14-9-12-3-1-2-4-13(12)11-18(14)17/h1-11H,19H2. The molecule has 0 radical (unpaired) electrons. The third-order valence-corrected chi connectivity index (χ3v) is 4.09. The Morgan fingerprint density at radius 1 is 0.526 bits per heavy atom. The molecule has 1 heteroatoms. The van der Waals surface area contributed by atoms with Crippen molar-refractivity contribution in [3.8, 4) is 0 Å². The summed E-state index contributed by atoms with van der Waals surface area (Å²) in [4.78, 5) is 0. The van der Waals surface area contributed by atoms with Crippen LogP contribution >= 0.6 is 9.24 Å². The van der Waals surface area contributed by atoms with Gasteiger partial charge in [0.1, 0.15) is 0 Å². The molecule has 0 heterocycles. The second-order valence-corrected chi connectivity index (χ2v) is 5.63. The van der Waals surface area contributed by atoms with E-state index in [4.69, 9.17) is 0 Å². The summed E-state index contributed by atoms with van der Waals surface area (Å²) < 4.78 is 0. The Hall–Kier alpha value is -1.91. The fourth-order valence-electron chi connectivity index (χ4n) is 2.77. The third-order valence-electron chi connectivity index (χ3n) is 3.73. The van der Waals surface area contributed by atoms with Gasteiger partial charge in [-0.1, -0.05) is 48.5 Å². The monoisotopic (exact) mass is 260 g/mol. The minimum Gasteiger partial charge on any atom is -0.106 e. The van der Waals surface area contributed by atoms with Gasteiger partial charge in [-0.2, -0.15) is 0 Å².